The van der Waals surface area contributed by atoms with Crippen molar-refractivity contribution in [1.82, 2.24) is 4.90 Å². The van der Waals surface area contributed by atoms with Crippen LogP contribution in [0.25, 0.3) is 0 Å². The van der Waals surface area contributed by atoms with E-state index >= 15 is 0 Å². The van der Waals surface area contributed by atoms with Gasteiger partial charge in [-0.05, 0) is 31.0 Å². The van der Waals surface area contributed by atoms with Crippen molar-refractivity contribution in [3.8, 4) is 0 Å². The normalized spacial score (nSPS) is 10.1. The van der Waals surface area contributed by atoms with Gasteiger partial charge in [-0.25, -0.2) is 0 Å². The quantitative estimate of drug-likeness (QED) is 0.705. The van der Waals surface area contributed by atoms with Crippen molar-refractivity contribution < 1.29 is 19.1 Å². The van der Waals surface area contributed by atoms with E-state index in [-0.39, 0.29) is 24.7 Å². The lowest BCUT2D eigenvalue weighted by molar-refractivity contribution is -0.141. The molecule has 0 unspecified atom stereocenters. The number of methoxy groups -OCH3 is 1. The van der Waals surface area contributed by atoms with Crippen molar-refractivity contribution in [2.24, 2.45) is 0 Å². The summed E-state index contributed by atoms with van der Waals surface area (Å²) < 4.78 is 4.50. The fourth-order valence-electron chi connectivity index (χ4n) is 2.31. The summed E-state index contributed by atoms with van der Waals surface area (Å²) in [5.74, 6) is -0.753. The Balaban J connectivity index is 2.73. The molecule has 0 heterocycles. The van der Waals surface area contributed by atoms with Gasteiger partial charge in [-0.2, -0.15) is 0 Å². The van der Waals surface area contributed by atoms with Gasteiger partial charge in [0, 0.05) is 30.8 Å². The average molecular weight is 334 g/mol. The Labute approximate surface area is 143 Å². The number of hydrogen-bond donors (Lipinski definition) is 1. The molecule has 1 aromatic rings. The third-order valence-electron chi connectivity index (χ3n) is 3.45. The highest BCUT2D eigenvalue weighted by Gasteiger charge is 2.15. The van der Waals surface area contributed by atoms with Gasteiger partial charge in [0.1, 0.15) is 0 Å². The van der Waals surface area contributed by atoms with Crippen LogP contribution in [0.2, 0.25) is 0 Å². The molecule has 6 nitrogen and oxygen atoms in total. The second-order valence-corrected chi connectivity index (χ2v) is 5.50. The number of amides is 2. The number of benzene rings is 1. The van der Waals surface area contributed by atoms with Crippen LogP contribution in [0.15, 0.2) is 24.3 Å². The van der Waals surface area contributed by atoms with Crippen molar-refractivity contribution in [2.75, 3.05) is 25.5 Å². The monoisotopic (exact) mass is 334 g/mol. The van der Waals surface area contributed by atoms with Crippen LogP contribution >= 0.6 is 0 Å². The standard InChI is InChI=1S/C18H26N2O4/c1-4-11-20(12-5-2)18(23)14-7-6-8-15(13-14)19-16(21)9-10-17(22)24-3/h6-8,13H,4-5,9-12H2,1-3H3,(H,19,21). The zero-order valence-corrected chi connectivity index (χ0v) is 14.6. The number of hydrogen-bond acceptors (Lipinski definition) is 4. The van der Waals surface area contributed by atoms with Gasteiger partial charge in [0.05, 0.1) is 13.5 Å². The second kappa shape index (κ2) is 10.4. The predicted molar refractivity (Wildman–Crippen MR) is 92.8 cm³/mol. The molecule has 1 aromatic carbocycles. The van der Waals surface area contributed by atoms with Crippen LogP contribution < -0.4 is 5.32 Å². The fourth-order valence-corrected chi connectivity index (χ4v) is 2.31. The van der Waals surface area contributed by atoms with Crippen LogP contribution in [0.3, 0.4) is 0 Å². The first-order chi connectivity index (χ1) is 11.5. The first kappa shape index (κ1) is 19.7. The molecule has 0 aliphatic carbocycles. The van der Waals surface area contributed by atoms with Gasteiger partial charge < -0.3 is 15.0 Å². The summed E-state index contributed by atoms with van der Waals surface area (Å²) in [6.45, 7) is 5.49. The lowest BCUT2D eigenvalue weighted by atomic mass is 10.1. The molecular weight excluding hydrogens is 308 g/mol. The van der Waals surface area contributed by atoms with Gasteiger partial charge in [0.2, 0.25) is 5.91 Å². The number of carbonyl (C=O) groups excluding carboxylic acids is 3. The fraction of sp³-hybridized carbons (Fsp3) is 0.500. The molecule has 2 amide bonds. The van der Waals surface area contributed by atoms with E-state index in [4.69, 9.17) is 0 Å². The molecule has 0 saturated heterocycles. The number of nitrogens with zero attached hydrogens (tertiary/aromatic N) is 1. The largest absolute Gasteiger partial charge is 0.469 e. The number of carbonyl (C=O) groups is 3. The molecule has 0 bridgehead atoms. The topological polar surface area (TPSA) is 75.7 Å². The van der Waals surface area contributed by atoms with Crippen LogP contribution in [0.1, 0.15) is 49.9 Å². The van der Waals surface area contributed by atoms with Gasteiger partial charge in [-0.3, -0.25) is 14.4 Å². The minimum absolute atomic E-state index is 0.0295. The van der Waals surface area contributed by atoms with Gasteiger partial charge >= 0.3 is 5.97 Å². The maximum atomic E-state index is 12.6. The van der Waals surface area contributed by atoms with Gasteiger partial charge in [0.25, 0.3) is 5.91 Å². The first-order valence-electron chi connectivity index (χ1n) is 8.27. The third-order valence-corrected chi connectivity index (χ3v) is 3.45. The summed E-state index contributed by atoms with van der Waals surface area (Å²) >= 11 is 0. The Bertz CT molecular complexity index is 566. The van der Waals surface area contributed by atoms with E-state index < -0.39 is 5.97 Å². The lowest BCUT2D eigenvalue weighted by Gasteiger charge is -2.21. The SMILES string of the molecule is CCCN(CCC)C(=O)c1cccc(NC(=O)CCC(=O)OC)c1. The maximum absolute atomic E-state index is 12.6. The molecule has 132 valence electrons. The Morgan fingerprint density at radius 3 is 2.33 bits per heavy atom. The molecule has 0 spiro atoms. The van der Waals surface area contributed by atoms with E-state index in [2.05, 4.69) is 10.1 Å². The van der Waals surface area contributed by atoms with Gasteiger partial charge in [0.15, 0.2) is 0 Å². The van der Waals surface area contributed by atoms with E-state index in [9.17, 15) is 14.4 Å². The minimum atomic E-state index is -0.427. The highest BCUT2D eigenvalue weighted by molar-refractivity contribution is 5.97. The van der Waals surface area contributed by atoms with Crippen LogP contribution in [-0.2, 0) is 14.3 Å². The number of nitrogens with one attached hydrogen (secondary N) is 1. The number of anilines is 1. The van der Waals surface area contributed by atoms with Crippen LogP contribution in [0, 0.1) is 0 Å². The smallest absolute Gasteiger partial charge is 0.306 e. The highest BCUT2D eigenvalue weighted by Crippen LogP contribution is 2.14. The molecule has 0 aliphatic rings. The molecule has 0 fully saturated rings. The molecule has 0 aromatic heterocycles. The molecule has 0 aliphatic heterocycles. The Hall–Kier alpha value is -2.37. The number of rotatable bonds is 9. The molecular formula is C18H26N2O4. The molecule has 0 radical (unpaired) electrons. The Kier molecular flexibility index (Phi) is 8.54. The predicted octanol–water partition coefficient (Wildman–Crippen LogP) is 2.84. The summed E-state index contributed by atoms with van der Waals surface area (Å²) in [4.78, 5) is 37.3. The highest BCUT2D eigenvalue weighted by atomic mass is 16.5. The lowest BCUT2D eigenvalue weighted by Crippen LogP contribution is -2.32. The van der Waals surface area contributed by atoms with Crippen molar-refractivity contribution in [3.63, 3.8) is 0 Å². The molecule has 6 heteroatoms. The van der Waals surface area contributed by atoms with Gasteiger partial charge in [-0.15, -0.1) is 0 Å². The molecule has 1 rings (SSSR count). The van der Waals surface area contributed by atoms with Crippen molar-refractivity contribution in [1.29, 1.82) is 0 Å². The first-order valence-corrected chi connectivity index (χ1v) is 8.27. The molecule has 0 saturated carbocycles. The van der Waals surface area contributed by atoms with E-state index in [1.54, 1.807) is 24.3 Å². The van der Waals surface area contributed by atoms with Crippen LogP contribution in [0.4, 0.5) is 5.69 Å². The zero-order chi connectivity index (χ0) is 17.9. The number of esters is 1. The van der Waals surface area contributed by atoms with Gasteiger partial charge in [-0.1, -0.05) is 19.9 Å². The zero-order valence-electron chi connectivity index (χ0n) is 14.6. The molecule has 1 N–H and O–H groups in total. The summed E-state index contributed by atoms with van der Waals surface area (Å²) in [6.07, 6.45) is 1.87. The van der Waals surface area contributed by atoms with E-state index in [1.807, 2.05) is 18.7 Å². The summed E-state index contributed by atoms with van der Waals surface area (Å²) in [7, 11) is 1.29. The third kappa shape index (κ3) is 6.40. The maximum Gasteiger partial charge on any atom is 0.306 e. The van der Waals surface area contributed by atoms with E-state index in [0.29, 0.717) is 24.3 Å². The molecule has 0 atom stereocenters. The van der Waals surface area contributed by atoms with Crippen LogP contribution in [-0.4, -0.2) is 42.9 Å². The summed E-state index contributed by atoms with van der Waals surface area (Å²) in [5.41, 5.74) is 1.09. The van der Waals surface area contributed by atoms with Crippen molar-refractivity contribution in [2.45, 2.75) is 39.5 Å². The number of ether oxygens (including phenoxy) is 1. The van der Waals surface area contributed by atoms with E-state index in [1.165, 1.54) is 7.11 Å². The minimum Gasteiger partial charge on any atom is -0.469 e. The Morgan fingerprint density at radius 1 is 1.08 bits per heavy atom. The molecule has 24 heavy (non-hydrogen) atoms. The Morgan fingerprint density at radius 2 is 1.75 bits per heavy atom. The van der Waals surface area contributed by atoms with Crippen LogP contribution in [0.5, 0.6) is 0 Å². The van der Waals surface area contributed by atoms with Crippen molar-refractivity contribution in [3.05, 3.63) is 29.8 Å². The van der Waals surface area contributed by atoms with E-state index in [0.717, 1.165) is 12.8 Å². The summed E-state index contributed by atoms with van der Waals surface area (Å²) in [5, 5.41) is 2.70. The van der Waals surface area contributed by atoms with Crippen molar-refractivity contribution >= 4 is 23.5 Å². The second-order valence-electron chi connectivity index (χ2n) is 5.50. The average Bonchev–Trinajstić information content (AvgIpc) is 2.59. The summed E-state index contributed by atoms with van der Waals surface area (Å²) in [6, 6.07) is 6.86.